The van der Waals surface area contributed by atoms with Gasteiger partial charge < -0.3 is 10.4 Å². The minimum atomic E-state index is -0.0563. The van der Waals surface area contributed by atoms with Crippen LogP contribution in [0, 0.1) is 5.92 Å². The molecule has 0 spiro atoms. The van der Waals surface area contributed by atoms with Crippen LogP contribution in [0.2, 0.25) is 0 Å². The van der Waals surface area contributed by atoms with Crippen LogP contribution in [-0.4, -0.2) is 17.8 Å². The first-order chi connectivity index (χ1) is 10.2. The molecule has 3 rings (SSSR count). The number of hydrogen-bond donors (Lipinski definition) is 2. The lowest BCUT2D eigenvalue weighted by Gasteiger charge is -2.27. The van der Waals surface area contributed by atoms with E-state index in [0.29, 0.717) is 6.04 Å². The van der Waals surface area contributed by atoms with Crippen molar-refractivity contribution in [3.8, 4) is 0 Å². The maximum Gasteiger partial charge on any atom is 0.0540 e. The van der Waals surface area contributed by atoms with Gasteiger partial charge in [0, 0.05) is 6.04 Å². The maximum atomic E-state index is 9.56. The van der Waals surface area contributed by atoms with E-state index >= 15 is 0 Å². The highest BCUT2D eigenvalue weighted by Gasteiger charge is 2.19. The highest BCUT2D eigenvalue weighted by Crippen LogP contribution is 2.25. The Morgan fingerprint density at radius 1 is 1.05 bits per heavy atom. The standard InChI is InChI=1S/C19H25NO/c1-14(20-13-15-6-10-19(21)11-7-15)17-9-8-16-4-2-3-5-18(16)12-17/h2-5,8-9,12,14-15,19-21H,6-7,10-11,13H2,1H3. The highest BCUT2D eigenvalue weighted by atomic mass is 16.3. The smallest absolute Gasteiger partial charge is 0.0540 e. The molecule has 0 amide bonds. The van der Waals surface area contributed by atoms with Gasteiger partial charge in [0.2, 0.25) is 0 Å². The third kappa shape index (κ3) is 3.63. The van der Waals surface area contributed by atoms with E-state index in [4.69, 9.17) is 0 Å². The Labute approximate surface area is 127 Å². The lowest BCUT2D eigenvalue weighted by molar-refractivity contribution is 0.108. The Hall–Kier alpha value is -1.38. The van der Waals surface area contributed by atoms with Crippen LogP contribution in [0.4, 0.5) is 0 Å². The topological polar surface area (TPSA) is 32.3 Å². The Morgan fingerprint density at radius 3 is 2.52 bits per heavy atom. The molecule has 2 N–H and O–H groups in total. The molecule has 112 valence electrons. The van der Waals surface area contributed by atoms with Crippen LogP contribution in [-0.2, 0) is 0 Å². The molecule has 0 aromatic heterocycles. The van der Waals surface area contributed by atoms with Crippen LogP contribution in [0.3, 0.4) is 0 Å². The second kappa shape index (κ2) is 6.59. The molecule has 1 atom stereocenters. The fraction of sp³-hybridized carbons (Fsp3) is 0.474. The molecule has 1 unspecified atom stereocenters. The summed E-state index contributed by atoms with van der Waals surface area (Å²) in [6, 6.07) is 15.6. The van der Waals surface area contributed by atoms with Crippen molar-refractivity contribution in [3.05, 3.63) is 48.0 Å². The van der Waals surface area contributed by atoms with Crippen LogP contribution < -0.4 is 5.32 Å². The van der Waals surface area contributed by atoms with Crippen molar-refractivity contribution >= 4 is 10.8 Å². The molecule has 2 heteroatoms. The predicted molar refractivity (Wildman–Crippen MR) is 88.3 cm³/mol. The quantitative estimate of drug-likeness (QED) is 0.887. The SMILES string of the molecule is CC(NCC1CCC(O)CC1)c1ccc2ccccc2c1. The molecular formula is C19H25NO. The molecule has 1 fully saturated rings. The summed E-state index contributed by atoms with van der Waals surface area (Å²) in [5.74, 6) is 0.719. The van der Waals surface area contributed by atoms with E-state index in [1.165, 1.54) is 16.3 Å². The second-order valence-corrected chi connectivity index (χ2v) is 6.41. The molecule has 2 aromatic rings. The van der Waals surface area contributed by atoms with E-state index in [-0.39, 0.29) is 6.10 Å². The van der Waals surface area contributed by atoms with E-state index in [1.54, 1.807) is 0 Å². The minimum absolute atomic E-state index is 0.0563. The zero-order valence-electron chi connectivity index (χ0n) is 12.8. The zero-order valence-corrected chi connectivity index (χ0v) is 12.8. The molecule has 0 heterocycles. The van der Waals surface area contributed by atoms with Crippen molar-refractivity contribution < 1.29 is 5.11 Å². The van der Waals surface area contributed by atoms with E-state index < -0.39 is 0 Å². The van der Waals surface area contributed by atoms with Gasteiger partial charge in [-0.3, -0.25) is 0 Å². The summed E-state index contributed by atoms with van der Waals surface area (Å²) in [7, 11) is 0. The number of benzene rings is 2. The predicted octanol–water partition coefficient (Wildman–Crippen LogP) is 4.04. The number of aliphatic hydroxyl groups excluding tert-OH is 1. The molecule has 2 aromatic carbocycles. The van der Waals surface area contributed by atoms with Gasteiger partial charge in [-0.2, -0.15) is 0 Å². The van der Waals surface area contributed by atoms with Gasteiger partial charge in [0.15, 0.2) is 0 Å². The molecule has 0 saturated heterocycles. The van der Waals surface area contributed by atoms with Crippen molar-refractivity contribution in [1.82, 2.24) is 5.32 Å². The average molecular weight is 283 g/mol. The van der Waals surface area contributed by atoms with E-state index in [0.717, 1.165) is 38.1 Å². The number of hydrogen-bond acceptors (Lipinski definition) is 2. The van der Waals surface area contributed by atoms with Crippen LogP contribution in [0.1, 0.15) is 44.2 Å². The van der Waals surface area contributed by atoms with Gasteiger partial charge in [-0.05, 0) is 67.5 Å². The van der Waals surface area contributed by atoms with Crippen LogP contribution in [0.15, 0.2) is 42.5 Å². The van der Waals surface area contributed by atoms with Gasteiger partial charge in [0.05, 0.1) is 6.10 Å². The van der Waals surface area contributed by atoms with Gasteiger partial charge in [-0.1, -0.05) is 36.4 Å². The van der Waals surface area contributed by atoms with E-state index in [1.807, 2.05) is 0 Å². The summed E-state index contributed by atoms with van der Waals surface area (Å²) in [4.78, 5) is 0. The highest BCUT2D eigenvalue weighted by molar-refractivity contribution is 5.83. The molecule has 0 bridgehead atoms. The van der Waals surface area contributed by atoms with E-state index in [9.17, 15) is 5.11 Å². The normalized spacial score (nSPS) is 24.1. The monoisotopic (exact) mass is 283 g/mol. The van der Waals surface area contributed by atoms with Crippen molar-refractivity contribution in [2.75, 3.05) is 6.54 Å². The van der Waals surface area contributed by atoms with Crippen molar-refractivity contribution in [2.45, 2.75) is 44.8 Å². The third-order valence-corrected chi connectivity index (χ3v) is 4.80. The van der Waals surface area contributed by atoms with Gasteiger partial charge in [0.1, 0.15) is 0 Å². The maximum absolute atomic E-state index is 9.56. The molecule has 21 heavy (non-hydrogen) atoms. The molecule has 2 nitrogen and oxygen atoms in total. The molecule has 1 aliphatic carbocycles. The Bertz CT molecular complexity index is 587. The summed E-state index contributed by atoms with van der Waals surface area (Å²) in [6.07, 6.45) is 4.18. The largest absolute Gasteiger partial charge is 0.393 e. The van der Waals surface area contributed by atoms with Gasteiger partial charge in [0.25, 0.3) is 0 Å². The average Bonchev–Trinajstić information content (AvgIpc) is 2.53. The fourth-order valence-corrected chi connectivity index (χ4v) is 3.29. The first kappa shape index (κ1) is 14.6. The zero-order chi connectivity index (χ0) is 14.7. The van der Waals surface area contributed by atoms with Gasteiger partial charge >= 0.3 is 0 Å². The minimum Gasteiger partial charge on any atom is -0.393 e. The number of fused-ring (bicyclic) bond motifs is 1. The van der Waals surface area contributed by atoms with Gasteiger partial charge in [-0.25, -0.2) is 0 Å². The molecule has 0 radical (unpaired) electrons. The van der Waals surface area contributed by atoms with Crippen molar-refractivity contribution in [3.63, 3.8) is 0 Å². The Balaban J connectivity index is 1.60. The Morgan fingerprint density at radius 2 is 1.76 bits per heavy atom. The second-order valence-electron chi connectivity index (χ2n) is 6.41. The number of rotatable bonds is 4. The van der Waals surface area contributed by atoms with E-state index in [2.05, 4.69) is 54.7 Å². The summed E-state index contributed by atoms with van der Waals surface area (Å²) < 4.78 is 0. The van der Waals surface area contributed by atoms with Crippen LogP contribution in [0.5, 0.6) is 0 Å². The fourth-order valence-electron chi connectivity index (χ4n) is 3.29. The first-order valence-corrected chi connectivity index (χ1v) is 8.12. The van der Waals surface area contributed by atoms with Crippen LogP contribution in [0.25, 0.3) is 10.8 Å². The molecule has 1 saturated carbocycles. The van der Waals surface area contributed by atoms with Gasteiger partial charge in [-0.15, -0.1) is 0 Å². The Kier molecular flexibility index (Phi) is 4.57. The number of nitrogens with one attached hydrogen (secondary N) is 1. The summed E-state index contributed by atoms with van der Waals surface area (Å²) in [5.41, 5.74) is 1.35. The first-order valence-electron chi connectivity index (χ1n) is 8.12. The third-order valence-electron chi connectivity index (χ3n) is 4.80. The lowest BCUT2D eigenvalue weighted by Crippen LogP contribution is -2.29. The molecule has 1 aliphatic rings. The summed E-state index contributed by atoms with van der Waals surface area (Å²) in [6.45, 7) is 3.29. The summed E-state index contributed by atoms with van der Waals surface area (Å²) in [5, 5.41) is 15.8. The molecular weight excluding hydrogens is 258 g/mol. The summed E-state index contributed by atoms with van der Waals surface area (Å²) >= 11 is 0. The van der Waals surface area contributed by atoms with Crippen LogP contribution >= 0.6 is 0 Å². The van der Waals surface area contributed by atoms with Crippen molar-refractivity contribution in [2.24, 2.45) is 5.92 Å². The molecule has 0 aliphatic heterocycles. The van der Waals surface area contributed by atoms with Crippen molar-refractivity contribution in [1.29, 1.82) is 0 Å². The lowest BCUT2D eigenvalue weighted by atomic mass is 9.87. The number of aliphatic hydroxyl groups is 1.